The fraction of sp³-hybridized carbons (Fsp3) is 0.600. The molecule has 7 N–H and O–H groups in total. The molecule has 2 heterocycles. The average molecular weight is 466 g/mol. The van der Waals surface area contributed by atoms with E-state index >= 15 is 0 Å². The van der Waals surface area contributed by atoms with Gasteiger partial charge in [0.1, 0.15) is 18.1 Å². The number of carbonyl (C=O) groups excluding carboxylic acids is 3. The van der Waals surface area contributed by atoms with Crippen LogP contribution in [0.3, 0.4) is 0 Å². The topological polar surface area (TPSA) is 208 Å². The van der Waals surface area contributed by atoms with Crippen molar-refractivity contribution < 1.29 is 34.2 Å². The van der Waals surface area contributed by atoms with Crippen molar-refractivity contribution in [2.24, 2.45) is 11.7 Å². The lowest BCUT2D eigenvalue weighted by atomic mass is 10.0. The van der Waals surface area contributed by atoms with Gasteiger partial charge in [-0.1, -0.05) is 13.8 Å². The first-order chi connectivity index (χ1) is 15.5. The Morgan fingerprint density at radius 3 is 2.48 bits per heavy atom. The van der Waals surface area contributed by atoms with Gasteiger partial charge in [-0.2, -0.15) is 0 Å². The highest BCUT2D eigenvalue weighted by Crippen LogP contribution is 2.19. The second kappa shape index (κ2) is 11.4. The number of aromatic amines is 1. The van der Waals surface area contributed by atoms with E-state index in [1.807, 2.05) is 0 Å². The zero-order chi connectivity index (χ0) is 24.7. The van der Waals surface area contributed by atoms with Crippen molar-refractivity contribution in [1.82, 2.24) is 25.5 Å². The van der Waals surface area contributed by atoms with Gasteiger partial charge in [-0.3, -0.25) is 19.2 Å². The van der Waals surface area contributed by atoms with Crippen molar-refractivity contribution in [3.05, 3.63) is 18.2 Å². The van der Waals surface area contributed by atoms with Crippen LogP contribution in [0.5, 0.6) is 0 Å². The summed E-state index contributed by atoms with van der Waals surface area (Å²) in [7, 11) is 0. The molecule has 0 spiro atoms. The molecule has 0 aromatic carbocycles. The smallest absolute Gasteiger partial charge is 0.326 e. The SMILES string of the molecule is CC(C)C(NC(=O)C1CCCN1C(=O)C(N)CC(=O)O)C(=O)NC(Cc1cnc[nH]1)C(=O)O. The molecule has 1 fully saturated rings. The summed E-state index contributed by atoms with van der Waals surface area (Å²) in [6.45, 7) is 3.62. The van der Waals surface area contributed by atoms with Crippen LogP contribution in [-0.2, 0) is 30.4 Å². The van der Waals surface area contributed by atoms with Gasteiger partial charge in [0.2, 0.25) is 17.7 Å². The van der Waals surface area contributed by atoms with Crippen LogP contribution in [0, 0.1) is 5.92 Å². The van der Waals surface area contributed by atoms with Crippen LogP contribution in [0.4, 0.5) is 0 Å². The molecule has 1 aliphatic rings. The van der Waals surface area contributed by atoms with Crippen LogP contribution in [0.1, 0.15) is 38.8 Å². The van der Waals surface area contributed by atoms with Crippen LogP contribution in [0.25, 0.3) is 0 Å². The van der Waals surface area contributed by atoms with Gasteiger partial charge in [0.05, 0.1) is 18.8 Å². The Balaban J connectivity index is 2.07. The molecule has 3 amide bonds. The van der Waals surface area contributed by atoms with Gasteiger partial charge in [-0.05, 0) is 18.8 Å². The highest BCUT2D eigenvalue weighted by molar-refractivity contribution is 5.95. The third-order valence-corrected chi connectivity index (χ3v) is 5.39. The Morgan fingerprint density at radius 1 is 1.24 bits per heavy atom. The van der Waals surface area contributed by atoms with E-state index in [0.29, 0.717) is 18.5 Å². The lowest BCUT2D eigenvalue weighted by Gasteiger charge is -2.29. The molecule has 0 radical (unpaired) electrons. The van der Waals surface area contributed by atoms with Gasteiger partial charge in [-0.15, -0.1) is 0 Å². The van der Waals surface area contributed by atoms with E-state index in [-0.39, 0.29) is 18.9 Å². The summed E-state index contributed by atoms with van der Waals surface area (Å²) < 4.78 is 0. The normalized spacial score (nSPS) is 18.4. The largest absolute Gasteiger partial charge is 0.481 e. The minimum atomic E-state index is -1.28. The van der Waals surface area contributed by atoms with E-state index in [2.05, 4.69) is 20.6 Å². The Morgan fingerprint density at radius 2 is 1.94 bits per heavy atom. The molecule has 13 nitrogen and oxygen atoms in total. The summed E-state index contributed by atoms with van der Waals surface area (Å²) in [6, 6.07) is -4.47. The van der Waals surface area contributed by atoms with Crippen molar-refractivity contribution in [3.63, 3.8) is 0 Å². The predicted molar refractivity (Wildman–Crippen MR) is 114 cm³/mol. The molecule has 0 aliphatic carbocycles. The van der Waals surface area contributed by atoms with Gasteiger partial charge in [-0.25, -0.2) is 9.78 Å². The highest BCUT2D eigenvalue weighted by Gasteiger charge is 2.38. The molecule has 33 heavy (non-hydrogen) atoms. The zero-order valence-electron chi connectivity index (χ0n) is 18.5. The number of amides is 3. The van der Waals surface area contributed by atoms with Crippen molar-refractivity contribution in [1.29, 1.82) is 0 Å². The van der Waals surface area contributed by atoms with Gasteiger partial charge in [0.25, 0.3) is 0 Å². The van der Waals surface area contributed by atoms with Crippen LogP contribution in [0.15, 0.2) is 12.5 Å². The van der Waals surface area contributed by atoms with Crippen LogP contribution in [-0.4, -0.2) is 85.5 Å². The second-order valence-corrected chi connectivity index (χ2v) is 8.30. The minimum Gasteiger partial charge on any atom is -0.481 e. The summed E-state index contributed by atoms with van der Waals surface area (Å²) in [5, 5.41) is 23.4. The van der Waals surface area contributed by atoms with E-state index in [9.17, 15) is 29.1 Å². The minimum absolute atomic E-state index is 0.0216. The molecule has 1 saturated heterocycles. The third kappa shape index (κ3) is 7.00. The monoisotopic (exact) mass is 466 g/mol. The standard InChI is InChI=1S/C20H30N6O7/c1-10(2)16(18(30)24-13(20(32)33)6-11-8-22-9-23-11)25-17(29)14-4-3-5-26(14)19(31)12(21)7-15(27)28/h8-10,12-14,16H,3-7,21H2,1-2H3,(H,22,23)(H,24,30)(H,25,29)(H,27,28)(H,32,33). The number of hydrogen-bond acceptors (Lipinski definition) is 7. The van der Waals surface area contributed by atoms with Crippen molar-refractivity contribution in [2.75, 3.05) is 6.54 Å². The Hall–Kier alpha value is -3.48. The maximum Gasteiger partial charge on any atom is 0.326 e. The first kappa shape index (κ1) is 25.8. The van der Waals surface area contributed by atoms with E-state index in [0.717, 1.165) is 0 Å². The fourth-order valence-electron chi connectivity index (χ4n) is 3.65. The Kier molecular flexibility index (Phi) is 8.91. The lowest BCUT2D eigenvalue weighted by Crippen LogP contribution is -2.58. The Labute approximate surface area is 190 Å². The van der Waals surface area contributed by atoms with Crippen molar-refractivity contribution in [3.8, 4) is 0 Å². The summed E-state index contributed by atoms with van der Waals surface area (Å²) in [5.74, 6) is -4.76. The number of carboxylic acid groups (broad SMARTS) is 2. The number of likely N-dealkylation sites (tertiary alicyclic amines) is 1. The second-order valence-electron chi connectivity index (χ2n) is 8.30. The van der Waals surface area contributed by atoms with Crippen molar-refractivity contribution in [2.45, 2.75) is 63.7 Å². The molecule has 13 heteroatoms. The van der Waals surface area contributed by atoms with E-state index in [1.54, 1.807) is 13.8 Å². The fourth-order valence-corrected chi connectivity index (χ4v) is 3.65. The molecular formula is C20H30N6O7. The molecule has 0 bridgehead atoms. The molecule has 0 saturated carbocycles. The number of carbonyl (C=O) groups is 5. The molecule has 182 valence electrons. The van der Waals surface area contributed by atoms with Gasteiger partial charge < -0.3 is 36.5 Å². The van der Waals surface area contributed by atoms with Gasteiger partial charge in [0.15, 0.2) is 0 Å². The number of rotatable bonds is 11. The quantitative estimate of drug-likeness (QED) is 0.223. The highest BCUT2D eigenvalue weighted by atomic mass is 16.4. The van der Waals surface area contributed by atoms with Crippen LogP contribution >= 0.6 is 0 Å². The van der Waals surface area contributed by atoms with E-state index in [1.165, 1.54) is 17.4 Å². The number of nitrogens with zero attached hydrogens (tertiary/aromatic N) is 2. The van der Waals surface area contributed by atoms with Crippen LogP contribution in [0.2, 0.25) is 0 Å². The summed E-state index contributed by atoms with van der Waals surface area (Å²) >= 11 is 0. The van der Waals surface area contributed by atoms with E-state index in [4.69, 9.17) is 10.8 Å². The number of H-pyrrole nitrogens is 1. The number of hydrogen-bond donors (Lipinski definition) is 6. The molecular weight excluding hydrogens is 436 g/mol. The number of imidazole rings is 1. The average Bonchev–Trinajstić information content (AvgIpc) is 3.41. The third-order valence-electron chi connectivity index (χ3n) is 5.39. The first-order valence-electron chi connectivity index (χ1n) is 10.6. The van der Waals surface area contributed by atoms with E-state index < -0.39 is 60.2 Å². The maximum absolute atomic E-state index is 12.9. The lowest BCUT2D eigenvalue weighted by molar-refractivity contribution is -0.144. The van der Waals surface area contributed by atoms with Gasteiger partial charge in [0, 0.05) is 24.9 Å². The molecule has 1 aromatic rings. The summed E-state index contributed by atoms with van der Waals surface area (Å²) in [5.41, 5.74) is 6.19. The zero-order valence-corrected chi connectivity index (χ0v) is 18.5. The number of aliphatic carboxylic acids is 2. The predicted octanol–water partition coefficient (Wildman–Crippen LogP) is -1.54. The molecule has 4 unspecified atom stereocenters. The first-order valence-corrected chi connectivity index (χ1v) is 10.6. The molecule has 1 aromatic heterocycles. The number of nitrogens with one attached hydrogen (secondary N) is 3. The number of nitrogens with two attached hydrogens (primary N) is 1. The van der Waals surface area contributed by atoms with Gasteiger partial charge >= 0.3 is 11.9 Å². The molecule has 2 rings (SSSR count). The Bertz CT molecular complexity index is 872. The summed E-state index contributed by atoms with van der Waals surface area (Å²) in [4.78, 5) is 68.6. The summed E-state index contributed by atoms with van der Waals surface area (Å²) in [6.07, 6.45) is 3.11. The number of aromatic nitrogens is 2. The van der Waals surface area contributed by atoms with Crippen LogP contribution < -0.4 is 16.4 Å². The number of carboxylic acids is 2. The molecule has 4 atom stereocenters. The van der Waals surface area contributed by atoms with Crippen molar-refractivity contribution >= 4 is 29.7 Å². The maximum atomic E-state index is 12.9. The molecule has 1 aliphatic heterocycles.